The van der Waals surface area contributed by atoms with Crippen molar-refractivity contribution in [3.8, 4) is 5.75 Å². The number of piperazine rings is 1. The predicted octanol–water partition coefficient (Wildman–Crippen LogP) is 1.49. The van der Waals surface area contributed by atoms with Gasteiger partial charge in [0, 0.05) is 31.7 Å². The topological polar surface area (TPSA) is 96.0 Å². The zero-order valence-electron chi connectivity index (χ0n) is 16.6. The number of hydrogen-bond donors (Lipinski definition) is 1. The first kappa shape index (κ1) is 21.9. The maximum Gasteiger partial charge on any atom is 0.254 e. The first-order chi connectivity index (χ1) is 13.7. The van der Waals surface area contributed by atoms with Crippen LogP contribution in [0.25, 0.3) is 0 Å². The van der Waals surface area contributed by atoms with Crippen LogP contribution in [0.4, 0.5) is 0 Å². The number of nitrogens with one attached hydrogen (secondary N) is 1. The van der Waals surface area contributed by atoms with Crippen LogP contribution in [0.5, 0.6) is 5.75 Å². The lowest BCUT2D eigenvalue weighted by Gasteiger charge is -2.34. The molecule has 0 bridgehead atoms. The van der Waals surface area contributed by atoms with Gasteiger partial charge in [0.25, 0.3) is 5.91 Å². The van der Waals surface area contributed by atoms with E-state index in [0.29, 0.717) is 61.8 Å². The smallest absolute Gasteiger partial charge is 0.254 e. The van der Waals surface area contributed by atoms with Crippen molar-refractivity contribution in [2.75, 3.05) is 32.4 Å². The molecule has 29 heavy (non-hydrogen) atoms. The van der Waals surface area contributed by atoms with Gasteiger partial charge in [0.1, 0.15) is 17.9 Å². The molecule has 2 saturated heterocycles. The molecule has 0 radical (unpaired) electrons. The van der Waals surface area contributed by atoms with Crippen LogP contribution in [-0.2, 0) is 14.8 Å². The number of hydrogen-bond acceptors (Lipinski definition) is 5. The Balaban J connectivity index is 1.66. The first-order valence-corrected chi connectivity index (χ1v) is 11.9. The Morgan fingerprint density at radius 2 is 1.97 bits per heavy atom. The van der Waals surface area contributed by atoms with Crippen molar-refractivity contribution in [2.45, 2.75) is 38.3 Å². The molecule has 2 aliphatic heterocycles. The lowest BCUT2D eigenvalue weighted by atomic mass is 10.1. The highest BCUT2D eigenvalue weighted by molar-refractivity contribution is 7.88. The number of halogens is 1. The molecule has 0 spiro atoms. The minimum absolute atomic E-state index is 0.137. The zero-order valence-corrected chi connectivity index (χ0v) is 18.1. The second-order valence-corrected chi connectivity index (χ2v) is 9.73. The SMILES string of the molecule is CC[C@@H]1C(=O)NCCN1C(=O)c1ccc(OC2CCN(S(C)(=O)=O)CC2)c(Cl)c1. The monoisotopic (exact) mass is 443 g/mol. The molecule has 0 aliphatic carbocycles. The Morgan fingerprint density at radius 1 is 1.28 bits per heavy atom. The van der Waals surface area contributed by atoms with Crippen LogP contribution in [0, 0.1) is 0 Å². The van der Waals surface area contributed by atoms with Crippen LogP contribution in [0.1, 0.15) is 36.5 Å². The molecule has 2 fully saturated rings. The molecule has 10 heteroatoms. The van der Waals surface area contributed by atoms with E-state index < -0.39 is 16.1 Å². The average molecular weight is 444 g/mol. The van der Waals surface area contributed by atoms with Gasteiger partial charge in [-0.05, 0) is 37.5 Å². The summed E-state index contributed by atoms with van der Waals surface area (Å²) in [7, 11) is -3.19. The summed E-state index contributed by atoms with van der Waals surface area (Å²) in [6.45, 7) is 3.58. The summed E-state index contributed by atoms with van der Waals surface area (Å²) >= 11 is 6.35. The molecule has 160 valence electrons. The van der Waals surface area contributed by atoms with Crippen LogP contribution >= 0.6 is 11.6 Å². The van der Waals surface area contributed by atoms with Gasteiger partial charge in [-0.25, -0.2) is 12.7 Å². The van der Waals surface area contributed by atoms with Crippen molar-refractivity contribution >= 4 is 33.4 Å². The molecule has 0 saturated carbocycles. The fourth-order valence-corrected chi connectivity index (χ4v) is 4.82. The molecule has 1 atom stereocenters. The van der Waals surface area contributed by atoms with E-state index in [9.17, 15) is 18.0 Å². The number of piperidine rings is 1. The molecule has 3 rings (SSSR count). The number of carbonyl (C=O) groups excluding carboxylic acids is 2. The van der Waals surface area contributed by atoms with Crippen molar-refractivity contribution < 1.29 is 22.7 Å². The molecule has 2 aliphatic rings. The predicted molar refractivity (Wildman–Crippen MR) is 110 cm³/mol. The van der Waals surface area contributed by atoms with Crippen molar-refractivity contribution in [1.82, 2.24) is 14.5 Å². The minimum atomic E-state index is -3.19. The Kier molecular flexibility index (Phi) is 6.70. The Morgan fingerprint density at radius 3 is 2.55 bits per heavy atom. The highest BCUT2D eigenvalue weighted by Crippen LogP contribution is 2.29. The zero-order chi connectivity index (χ0) is 21.2. The molecular formula is C19H26ClN3O5S. The van der Waals surface area contributed by atoms with E-state index in [-0.39, 0.29) is 17.9 Å². The van der Waals surface area contributed by atoms with Gasteiger partial charge < -0.3 is 15.0 Å². The maximum absolute atomic E-state index is 12.9. The van der Waals surface area contributed by atoms with E-state index in [4.69, 9.17) is 16.3 Å². The van der Waals surface area contributed by atoms with Crippen molar-refractivity contribution in [3.63, 3.8) is 0 Å². The van der Waals surface area contributed by atoms with Crippen LogP contribution in [0.3, 0.4) is 0 Å². The number of benzene rings is 1. The van der Waals surface area contributed by atoms with Gasteiger partial charge in [-0.15, -0.1) is 0 Å². The number of rotatable bonds is 5. The second kappa shape index (κ2) is 8.89. The number of ether oxygens (including phenoxy) is 1. The van der Waals surface area contributed by atoms with Crippen LogP contribution in [0.2, 0.25) is 5.02 Å². The van der Waals surface area contributed by atoms with E-state index in [1.165, 1.54) is 10.6 Å². The normalized spacial score (nSPS) is 21.7. The van der Waals surface area contributed by atoms with Gasteiger partial charge in [-0.1, -0.05) is 18.5 Å². The average Bonchev–Trinajstić information content (AvgIpc) is 2.68. The lowest BCUT2D eigenvalue weighted by Crippen LogP contribution is -2.56. The Labute approximate surface area is 176 Å². The molecule has 2 amide bonds. The summed E-state index contributed by atoms with van der Waals surface area (Å²) < 4.78 is 30.6. The third kappa shape index (κ3) is 5.02. The van der Waals surface area contributed by atoms with Gasteiger partial charge >= 0.3 is 0 Å². The van der Waals surface area contributed by atoms with E-state index >= 15 is 0 Å². The molecule has 2 heterocycles. The van der Waals surface area contributed by atoms with Crippen LogP contribution in [-0.4, -0.2) is 74.0 Å². The fourth-order valence-electron chi connectivity index (χ4n) is 3.72. The van der Waals surface area contributed by atoms with Gasteiger partial charge in [0.05, 0.1) is 11.3 Å². The van der Waals surface area contributed by atoms with E-state index in [0.717, 1.165) is 0 Å². The number of amides is 2. The van der Waals surface area contributed by atoms with E-state index in [2.05, 4.69) is 5.32 Å². The Hall–Kier alpha value is -1.84. The standard InChI is InChI=1S/C19H26ClN3O5S/c1-3-16-18(24)21-8-11-23(16)19(25)13-4-5-17(15(20)12-13)28-14-6-9-22(10-7-14)29(2,26)27/h4-5,12,14,16H,3,6-11H2,1-2H3,(H,21,24)/t16-/m1/s1. The fraction of sp³-hybridized carbons (Fsp3) is 0.579. The molecule has 1 aromatic carbocycles. The summed E-state index contributed by atoms with van der Waals surface area (Å²) in [6.07, 6.45) is 2.76. The first-order valence-electron chi connectivity index (χ1n) is 9.70. The second-order valence-electron chi connectivity index (χ2n) is 7.34. The Bertz CT molecular complexity index is 884. The van der Waals surface area contributed by atoms with Gasteiger partial charge in [0.15, 0.2) is 0 Å². The summed E-state index contributed by atoms with van der Waals surface area (Å²) in [6, 6.07) is 4.38. The third-order valence-corrected chi connectivity index (χ3v) is 6.92. The molecular weight excluding hydrogens is 418 g/mol. The lowest BCUT2D eigenvalue weighted by molar-refractivity contribution is -0.127. The summed E-state index contributed by atoms with van der Waals surface area (Å²) in [5.74, 6) is 0.0876. The van der Waals surface area contributed by atoms with Gasteiger partial charge in [0.2, 0.25) is 15.9 Å². The summed E-state index contributed by atoms with van der Waals surface area (Å²) in [5, 5.41) is 3.09. The number of sulfonamides is 1. The summed E-state index contributed by atoms with van der Waals surface area (Å²) in [4.78, 5) is 26.5. The number of carbonyl (C=O) groups is 2. The van der Waals surface area contributed by atoms with E-state index in [1.54, 1.807) is 23.1 Å². The van der Waals surface area contributed by atoms with Crippen molar-refractivity contribution in [3.05, 3.63) is 28.8 Å². The van der Waals surface area contributed by atoms with Crippen molar-refractivity contribution in [1.29, 1.82) is 0 Å². The largest absolute Gasteiger partial charge is 0.489 e. The van der Waals surface area contributed by atoms with E-state index in [1.807, 2.05) is 6.92 Å². The van der Waals surface area contributed by atoms with Gasteiger partial charge in [-0.2, -0.15) is 0 Å². The molecule has 1 aromatic rings. The molecule has 8 nitrogen and oxygen atoms in total. The van der Waals surface area contributed by atoms with Crippen LogP contribution < -0.4 is 10.1 Å². The van der Waals surface area contributed by atoms with Crippen LogP contribution in [0.15, 0.2) is 18.2 Å². The quantitative estimate of drug-likeness (QED) is 0.743. The summed E-state index contributed by atoms with van der Waals surface area (Å²) in [5.41, 5.74) is 0.405. The highest BCUT2D eigenvalue weighted by atomic mass is 35.5. The minimum Gasteiger partial charge on any atom is -0.489 e. The number of nitrogens with zero attached hydrogens (tertiary/aromatic N) is 2. The molecule has 0 unspecified atom stereocenters. The molecule has 0 aromatic heterocycles. The van der Waals surface area contributed by atoms with Gasteiger partial charge in [-0.3, -0.25) is 9.59 Å². The third-order valence-electron chi connectivity index (χ3n) is 5.32. The maximum atomic E-state index is 12.9. The molecule has 1 N–H and O–H groups in total. The highest BCUT2D eigenvalue weighted by Gasteiger charge is 2.32. The van der Waals surface area contributed by atoms with Crippen molar-refractivity contribution in [2.24, 2.45) is 0 Å².